The molecule has 1 aliphatic heterocycles. The summed E-state index contributed by atoms with van der Waals surface area (Å²) >= 11 is 12.1. The molecule has 0 aliphatic carbocycles. The highest BCUT2D eigenvalue weighted by Crippen LogP contribution is 2.31. The van der Waals surface area contributed by atoms with Gasteiger partial charge in [0.25, 0.3) is 0 Å². The average molecular weight is 474 g/mol. The van der Waals surface area contributed by atoms with E-state index < -0.39 is 10.0 Å². The van der Waals surface area contributed by atoms with E-state index in [1.165, 1.54) is 34.6 Å². The molecule has 0 saturated carbocycles. The Labute approximate surface area is 185 Å². The van der Waals surface area contributed by atoms with Crippen molar-refractivity contribution in [1.82, 2.24) is 9.21 Å². The number of benzene rings is 2. The summed E-state index contributed by atoms with van der Waals surface area (Å²) in [5.41, 5.74) is 1.00. The van der Waals surface area contributed by atoms with E-state index in [9.17, 15) is 17.6 Å². The second kappa shape index (κ2) is 9.62. The van der Waals surface area contributed by atoms with Crippen LogP contribution in [0.3, 0.4) is 0 Å². The molecule has 1 amide bonds. The third-order valence-corrected chi connectivity index (χ3v) is 7.57. The summed E-state index contributed by atoms with van der Waals surface area (Å²) < 4.78 is 40.7. The number of rotatable bonds is 5. The van der Waals surface area contributed by atoms with Gasteiger partial charge in [0.1, 0.15) is 10.7 Å². The summed E-state index contributed by atoms with van der Waals surface area (Å²) in [4.78, 5) is 14.3. The number of aryl methyl sites for hydroxylation is 1. The maximum Gasteiger partial charge on any atom is 0.244 e. The molecular weight excluding hydrogens is 452 g/mol. The fraction of sp³-hybridized carbons (Fsp3) is 0.350. The summed E-state index contributed by atoms with van der Waals surface area (Å²) in [7, 11) is -3.79. The molecule has 2 aromatic rings. The molecule has 10 heteroatoms. The second-order valence-corrected chi connectivity index (χ2v) is 9.84. The predicted molar refractivity (Wildman–Crippen MR) is 116 cm³/mol. The lowest BCUT2D eigenvalue weighted by molar-refractivity contribution is -0.117. The Morgan fingerprint density at radius 1 is 1.10 bits per heavy atom. The van der Waals surface area contributed by atoms with Gasteiger partial charge in [0.05, 0.1) is 11.6 Å². The number of carbonyl (C=O) groups excluding carboxylic acids is 1. The van der Waals surface area contributed by atoms with Gasteiger partial charge in [0.15, 0.2) is 0 Å². The smallest absolute Gasteiger partial charge is 0.244 e. The number of nitrogens with zero attached hydrogens (tertiary/aromatic N) is 2. The number of carbonyl (C=O) groups is 1. The Hall–Kier alpha value is -1.71. The van der Waals surface area contributed by atoms with Crippen LogP contribution in [0.1, 0.15) is 12.0 Å². The van der Waals surface area contributed by atoms with Gasteiger partial charge in [-0.2, -0.15) is 4.31 Å². The molecule has 30 heavy (non-hydrogen) atoms. The van der Waals surface area contributed by atoms with E-state index in [4.69, 9.17) is 23.2 Å². The van der Waals surface area contributed by atoms with Gasteiger partial charge in [-0.3, -0.25) is 9.69 Å². The summed E-state index contributed by atoms with van der Waals surface area (Å²) in [6, 6.07) is 8.52. The highest BCUT2D eigenvalue weighted by Gasteiger charge is 2.30. The highest BCUT2D eigenvalue weighted by atomic mass is 35.5. The van der Waals surface area contributed by atoms with Crippen molar-refractivity contribution < 1.29 is 17.6 Å². The molecule has 162 valence electrons. The number of halogens is 3. The average Bonchev–Trinajstić information content (AvgIpc) is 2.88. The van der Waals surface area contributed by atoms with Crippen LogP contribution in [0.15, 0.2) is 41.3 Å². The SMILES string of the molecule is Cc1cc(Cl)cc(Cl)c1S(=O)(=O)N1CCCN(CC(=O)Nc2ccc(F)cc2)CC1. The molecule has 0 spiro atoms. The van der Waals surface area contributed by atoms with Crippen LogP contribution in [-0.4, -0.2) is 56.3 Å². The fourth-order valence-corrected chi connectivity index (χ4v) is 6.04. The van der Waals surface area contributed by atoms with Crippen LogP contribution in [0.5, 0.6) is 0 Å². The first-order valence-corrected chi connectivity index (χ1v) is 11.6. The number of sulfonamides is 1. The first-order chi connectivity index (χ1) is 14.2. The third kappa shape index (κ3) is 5.50. The van der Waals surface area contributed by atoms with Gasteiger partial charge in [-0.25, -0.2) is 12.8 Å². The van der Waals surface area contributed by atoms with Crippen LogP contribution in [0.25, 0.3) is 0 Å². The second-order valence-electron chi connectivity index (χ2n) is 7.12. The van der Waals surface area contributed by atoms with Crippen molar-refractivity contribution in [2.75, 3.05) is 38.0 Å². The standard InChI is InChI=1S/C20H22Cl2FN3O3S/c1-14-11-15(21)12-18(22)20(14)30(28,29)26-8-2-7-25(9-10-26)13-19(27)24-17-5-3-16(23)4-6-17/h3-6,11-12H,2,7-10,13H2,1H3,(H,24,27). The third-order valence-electron chi connectivity index (χ3n) is 4.83. The number of anilines is 1. The van der Waals surface area contributed by atoms with Gasteiger partial charge >= 0.3 is 0 Å². The zero-order valence-electron chi connectivity index (χ0n) is 16.4. The Balaban J connectivity index is 1.64. The van der Waals surface area contributed by atoms with E-state index in [2.05, 4.69) is 5.32 Å². The molecule has 1 N–H and O–H groups in total. The summed E-state index contributed by atoms with van der Waals surface area (Å²) in [5, 5.41) is 3.19. The first-order valence-electron chi connectivity index (χ1n) is 9.40. The van der Waals surface area contributed by atoms with Crippen LogP contribution < -0.4 is 5.32 Å². The monoisotopic (exact) mass is 473 g/mol. The molecule has 0 unspecified atom stereocenters. The van der Waals surface area contributed by atoms with E-state index in [1.54, 1.807) is 13.0 Å². The van der Waals surface area contributed by atoms with Crippen molar-refractivity contribution in [1.29, 1.82) is 0 Å². The van der Waals surface area contributed by atoms with Crippen molar-refractivity contribution in [3.05, 3.63) is 57.8 Å². The predicted octanol–water partition coefficient (Wildman–Crippen LogP) is 3.78. The zero-order chi connectivity index (χ0) is 21.9. The van der Waals surface area contributed by atoms with Gasteiger partial charge in [0.2, 0.25) is 15.9 Å². The van der Waals surface area contributed by atoms with Crippen molar-refractivity contribution in [3.63, 3.8) is 0 Å². The minimum atomic E-state index is -3.79. The summed E-state index contributed by atoms with van der Waals surface area (Å²) in [5.74, 6) is -0.618. The molecule has 0 aromatic heterocycles. The fourth-order valence-electron chi connectivity index (χ4n) is 3.43. The Kier molecular flexibility index (Phi) is 7.36. The molecule has 1 aliphatic rings. The van der Waals surface area contributed by atoms with E-state index in [0.29, 0.717) is 42.3 Å². The number of hydrogen-bond acceptors (Lipinski definition) is 4. The molecule has 0 atom stereocenters. The van der Waals surface area contributed by atoms with Gasteiger partial charge in [-0.15, -0.1) is 0 Å². The minimum absolute atomic E-state index is 0.0658. The maximum atomic E-state index is 13.2. The molecular formula is C20H22Cl2FN3O3S. The Morgan fingerprint density at radius 2 is 1.80 bits per heavy atom. The van der Waals surface area contributed by atoms with E-state index in [-0.39, 0.29) is 34.7 Å². The molecule has 0 bridgehead atoms. The Morgan fingerprint density at radius 3 is 2.47 bits per heavy atom. The minimum Gasteiger partial charge on any atom is -0.325 e. The zero-order valence-corrected chi connectivity index (χ0v) is 18.7. The van der Waals surface area contributed by atoms with E-state index >= 15 is 0 Å². The van der Waals surface area contributed by atoms with Crippen LogP contribution in [-0.2, 0) is 14.8 Å². The van der Waals surface area contributed by atoms with Crippen molar-refractivity contribution in [2.45, 2.75) is 18.2 Å². The van der Waals surface area contributed by atoms with Gasteiger partial charge in [0, 0.05) is 30.3 Å². The van der Waals surface area contributed by atoms with Gasteiger partial charge in [-0.05, 0) is 61.9 Å². The van der Waals surface area contributed by atoms with Crippen molar-refractivity contribution in [3.8, 4) is 0 Å². The highest BCUT2D eigenvalue weighted by molar-refractivity contribution is 7.89. The molecule has 0 radical (unpaired) electrons. The molecule has 1 fully saturated rings. The van der Waals surface area contributed by atoms with Crippen molar-refractivity contribution >= 4 is 44.8 Å². The molecule has 3 rings (SSSR count). The number of nitrogens with one attached hydrogen (secondary N) is 1. The van der Waals surface area contributed by atoms with E-state index in [1.807, 2.05) is 4.90 Å². The van der Waals surface area contributed by atoms with Gasteiger partial charge < -0.3 is 5.32 Å². The van der Waals surface area contributed by atoms with E-state index in [0.717, 1.165) is 0 Å². The lowest BCUT2D eigenvalue weighted by Gasteiger charge is -2.23. The largest absolute Gasteiger partial charge is 0.325 e. The molecule has 2 aromatic carbocycles. The van der Waals surface area contributed by atoms with Crippen molar-refractivity contribution in [2.24, 2.45) is 0 Å². The van der Waals surface area contributed by atoms with Crippen LogP contribution in [0, 0.1) is 12.7 Å². The van der Waals surface area contributed by atoms with Crippen LogP contribution in [0.4, 0.5) is 10.1 Å². The first kappa shape index (κ1) is 23.0. The van der Waals surface area contributed by atoms with Gasteiger partial charge in [-0.1, -0.05) is 23.2 Å². The lowest BCUT2D eigenvalue weighted by atomic mass is 10.2. The molecule has 6 nitrogen and oxygen atoms in total. The molecule has 1 heterocycles. The number of amides is 1. The van der Waals surface area contributed by atoms with Crippen LogP contribution >= 0.6 is 23.2 Å². The Bertz CT molecular complexity index is 1010. The maximum absolute atomic E-state index is 13.2. The normalized spacial score (nSPS) is 16.3. The quantitative estimate of drug-likeness (QED) is 0.717. The number of hydrogen-bond donors (Lipinski definition) is 1. The molecule has 1 saturated heterocycles. The summed E-state index contributed by atoms with van der Waals surface area (Å²) in [6.45, 7) is 3.33. The topological polar surface area (TPSA) is 69.7 Å². The van der Waals surface area contributed by atoms with Crippen LogP contribution in [0.2, 0.25) is 10.0 Å². The summed E-state index contributed by atoms with van der Waals surface area (Å²) in [6.07, 6.45) is 0.577. The lowest BCUT2D eigenvalue weighted by Crippen LogP contribution is -2.38.